The lowest BCUT2D eigenvalue weighted by Crippen LogP contribution is -2.42. The van der Waals surface area contributed by atoms with Gasteiger partial charge in [-0.15, -0.1) is 0 Å². The van der Waals surface area contributed by atoms with E-state index in [1.165, 1.54) is 19.3 Å². The molecule has 2 rings (SSSR count). The summed E-state index contributed by atoms with van der Waals surface area (Å²) in [4.78, 5) is 12.3. The van der Waals surface area contributed by atoms with Gasteiger partial charge in [0, 0.05) is 15.8 Å². The van der Waals surface area contributed by atoms with Gasteiger partial charge in [-0.2, -0.15) is 0 Å². The SMILES string of the molecule is O=C(NC1CCCCC1CBr)c1ccc(Br)cc1Cl. The van der Waals surface area contributed by atoms with Crippen LogP contribution < -0.4 is 5.32 Å². The van der Waals surface area contributed by atoms with Crippen LogP contribution >= 0.6 is 43.5 Å². The van der Waals surface area contributed by atoms with Crippen LogP contribution in [0.3, 0.4) is 0 Å². The van der Waals surface area contributed by atoms with Crippen LogP contribution in [0.2, 0.25) is 5.02 Å². The van der Waals surface area contributed by atoms with Crippen molar-refractivity contribution < 1.29 is 4.79 Å². The molecule has 0 spiro atoms. The van der Waals surface area contributed by atoms with Crippen LogP contribution in [0.5, 0.6) is 0 Å². The van der Waals surface area contributed by atoms with Gasteiger partial charge in [-0.05, 0) is 37.0 Å². The van der Waals surface area contributed by atoms with E-state index >= 15 is 0 Å². The standard InChI is InChI=1S/C14H16Br2ClNO/c15-8-9-3-1-2-4-13(9)18-14(19)11-6-5-10(16)7-12(11)17/h5-7,9,13H,1-4,8H2,(H,18,19). The van der Waals surface area contributed by atoms with Crippen molar-refractivity contribution in [1.29, 1.82) is 0 Å². The van der Waals surface area contributed by atoms with Crippen LogP contribution in [0.1, 0.15) is 36.0 Å². The van der Waals surface area contributed by atoms with E-state index in [-0.39, 0.29) is 11.9 Å². The van der Waals surface area contributed by atoms with E-state index in [9.17, 15) is 4.79 Å². The van der Waals surface area contributed by atoms with Crippen LogP contribution in [-0.4, -0.2) is 17.3 Å². The molecule has 1 aromatic rings. The zero-order valence-electron chi connectivity index (χ0n) is 10.5. The minimum absolute atomic E-state index is 0.0737. The maximum atomic E-state index is 12.3. The lowest BCUT2D eigenvalue weighted by atomic mass is 9.86. The van der Waals surface area contributed by atoms with Crippen molar-refractivity contribution in [2.45, 2.75) is 31.7 Å². The third-order valence-corrected chi connectivity index (χ3v) is 5.24. The highest BCUT2D eigenvalue weighted by atomic mass is 79.9. The van der Waals surface area contributed by atoms with Crippen molar-refractivity contribution in [2.75, 3.05) is 5.33 Å². The molecule has 104 valence electrons. The summed E-state index contributed by atoms with van der Waals surface area (Å²) in [7, 11) is 0. The number of alkyl halides is 1. The third-order valence-electron chi connectivity index (χ3n) is 3.60. The summed E-state index contributed by atoms with van der Waals surface area (Å²) in [6.07, 6.45) is 4.66. The van der Waals surface area contributed by atoms with E-state index in [4.69, 9.17) is 11.6 Å². The number of hydrogen-bond donors (Lipinski definition) is 1. The van der Waals surface area contributed by atoms with E-state index in [2.05, 4.69) is 37.2 Å². The zero-order valence-corrected chi connectivity index (χ0v) is 14.4. The number of rotatable bonds is 3. The summed E-state index contributed by atoms with van der Waals surface area (Å²) in [5.74, 6) is 0.447. The molecule has 1 fully saturated rings. The van der Waals surface area contributed by atoms with Crippen LogP contribution in [0.15, 0.2) is 22.7 Å². The summed E-state index contributed by atoms with van der Waals surface area (Å²) in [6, 6.07) is 5.59. The zero-order chi connectivity index (χ0) is 13.8. The van der Waals surface area contributed by atoms with Gasteiger partial charge in [0.05, 0.1) is 10.6 Å². The topological polar surface area (TPSA) is 29.1 Å². The highest BCUT2D eigenvalue weighted by Gasteiger charge is 2.26. The molecule has 1 amide bonds. The first-order valence-corrected chi connectivity index (χ1v) is 8.73. The monoisotopic (exact) mass is 407 g/mol. The van der Waals surface area contributed by atoms with Gasteiger partial charge in [0.1, 0.15) is 0 Å². The number of nitrogens with one attached hydrogen (secondary N) is 1. The van der Waals surface area contributed by atoms with Gasteiger partial charge in [0.25, 0.3) is 5.91 Å². The first kappa shape index (κ1) is 15.3. The van der Waals surface area contributed by atoms with Gasteiger partial charge >= 0.3 is 0 Å². The molecule has 0 saturated heterocycles. The molecule has 5 heteroatoms. The van der Waals surface area contributed by atoms with E-state index in [1.807, 2.05) is 6.07 Å². The molecule has 0 heterocycles. The molecule has 0 aliphatic heterocycles. The minimum Gasteiger partial charge on any atom is -0.349 e. The fourth-order valence-electron chi connectivity index (χ4n) is 2.50. The molecule has 19 heavy (non-hydrogen) atoms. The van der Waals surface area contributed by atoms with Crippen LogP contribution in [0.25, 0.3) is 0 Å². The van der Waals surface area contributed by atoms with Gasteiger partial charge in [-0.1, -0.05) is 56.3 Å². The summed E-state index contributed by atoms with van der Waals surface area (Å²) in [6.45, 7) is 0. The number of benzene rings is 1. The lowest BCUT2D eigenvalue weighted by molar-refractivity contribution is 0.0912. The summed E-state index contributed by atoms with van der Waals surface area (Å²) >= 11 is 13.0. The van der Waals surface area contributed by atoms with Gasteiger partial charge in [0.2, 0.25) is 0 Å². The fraction of sp³-hybridized carbons (Fsp3) is 0.500. The Kier molecular flexibility index (Phi) is 5.72. The van der Waals surface area contributed by atoms with Crippen molar-refractivity contribution in [3.63, 3.8) is 0 Å². The van der Waals surface area contributed by atoms with E-state index in [1.54, 1.807) is 12.1 Å². The molecule has 2 atom stereocenters. The molecule has 1 saturated carbocycles. The second kappa shape index (κ2) is 7.09. The molecule has 2 nitrogen and oxygen atoms in total. The molecular formula is C14H16Br2ClNO. The van der Waals surface area contributed by atoms with E-state index < -0.39 is 0 Å². The Morgan fingerprint density at radius 3 is 2.79 bits per heavy atom. The first-order chi connectivity index (χ1) is 9.11. The average Bonchev–Trinajstić information content (AvgIpc) is 2.39. The Labute approximate surface area is 135 Å². The van der Waals surface area contributed by atoms with Gasteiger partial charge in [0.15, 0.2) is 0 Å². The van der Waals surface area contributed by atoms with Crippen LogP contribution in [-0.2, 0) is 0 Å². The molecule has 1 aliphatic carbocycles. The van der Waals surface area contributed by atoms with Crippen molar-refractivity contribution >= 4 is 49.4 Å². The number of amides is 1. The molecule has 0 bridgehead atoms. The average molecular weight is 410 g/mol. The third kappa shape index (κ3) is 3.96. The quantitative estimate of drug-likeness (QED) is 0.715. The maximum Gasteiger partial charge on any atom is 0.253 e. The fourth-order valence-corrected chi connectivity index (χ4v) is 4.04. The Bertz CT molecular complexity index is 467. The summed E-state index contributed by atoms with van der Waals surface area (Å²) < 4.78 is 0.880. The summed E-state index contributed by atoms with van der Waals surface area (Å²) in [5, 5.41) is 4.55. The normalized spacial score (nSPS) is 23.1. The molecule has 2 unspecified atom stereocenters. The molecule has 0 radical (unpaired) electrons. The van der Waals surface area contributed by atoms with Crippen LogP contribution in [0.4, 0.5) is 0 Å². The number of halogens is 3. The van der Waals surface area contributed by atoms with Crippen molar-refractivity contribution in [3.8, 4) is 0 Å². The first-order valence-electron chi connectivity index (χ1n) is 6.43. The van der Waals surface area contributed by atoms with Gasteiger partial charge in [-0.3, -0.25) is 4.79 Å². The molecule has 1 aliphatic rings. The van der Waals surface area contributed by atoms with E-state index in [0.717, 1.165) is 16.2 Å². The van der Waals surface area contributed by atoms with Crippen molar-refractivity contribution in [1.82, 2.24) is 5.32 Å². The Morgan fingerprint density at radius 2 is 2.11 bits per heavy atom. The van der Waals surface area contributed by atoms with Crippen molar-refractivity contribution in [3.05, 3.63) is 33.3 Å². The number of carbonyl (C=O) groups is 1. The van der Waals surface area contributed by atoms with Gasteiger partial charge in [-0.25, -0.2) is 0 Å². The predicted molar refractivity (Wildman–Crippen MR) is 86.2 cm³/mol. The Balaban J connectivity index is 2.07. The molecule has 0 aromatic heterocycles. The maximum absolute atomic E-state index is 12.3. The minimum atomic E-state index is -0.0737. The predicted octanol–water partition coefficient (Wildman–Crippen LogP) is 4.79. The second-order valence-corrected chi connectivity index (χ2v) is 6.87. The largest absolute Gasteiger partial charge is 0.349 e. The Morgan fingerprint density at radius 1 is 1.37 bits per heavy atom. The Hall–Kier alpha value is -0.0600. The van der Waals surface area contributed by atoms with Gasteiger partial charge < -0.3 is 5.32 Å². The second-order valence-electron chi connectivity index (χ2n) is 4.90. The van der Waals surface area contributed by atoms with Crippen molar-refractivity contribution in [2.24, 2.45) is 5.92 Å². The molecule has 1 aromatic carbocycles. The highest BCUT2D eigenvalue weighted by molar-refractivity contribution is 9.10. The molecule has 1 N–H and O–H groups in total. The number of carbonyl (C=O) groups excluding carboxylic acids is 1. The van der Waals surface area contributed by atoms with E-state index in [0.29, 0.717) is 16.5 Å². The lowest BCUT2D eigenvalue weighted by Gasteiger charge is -2.31. The smallest absolute Gasteiger partial charge is 0.253 e. The molecular weight excluding hydrogens is 393 g/mol. The summed E-state index contributed by atoms with van der Waals surface area (Å²) in [5.41, 5.74) is 0.545. The highest BCUT2D eigenvalue weighted by Crippen LogP contribution is 2.27. The van der Waals surface area contributed by atoms with Crippen LogP contribution in [0, 0.1) is 5.92 Å². The number of hydrogen-bond acceptors (Lipinski definition) is 1.